The molecule has 0 amide bonds. The summed E-state index contributed by atoms with van der Waals surface area (Å²) in [6.07, 6.45) is 1.64. The molecule has 0 radical (unpaired) electrons. The Hall–Kier alpha value is -2.21. The van der Waals surface area contributed by atoms with Crippen molar-refractivity contribution < 1.29 is 8.42 Å². The minimum absolute atomic E-state index is 0.189. The first-order chi connectivity index (χ1) is 9.97. The van der Waals surface area contributed by atoms with Crippen LogP contribution in [0.1, 0.15) is 13.8 Å². The predicted molar refractivity (Wildman–Crippen MR) is 82.7 cm³/mol. The summed E-state index contributed by atoms with van der Waals surface area (Å²) in [4.78, 5) is 8.58. The Balaban J connectivity index is 1.97. The summed E-state index contributed by atoms with van der Waals surface area (Å²) in [6.45, 7) is 4.36. The average molecular weight is 301 g/mol. The van der Waals surface area contributed by atoms with Gasteiger partial charge in [0.25, 0.3) is 10.0 Å². The summed E-state index contributed by atoms with van der Waals surface area (Å²) in [5, 5.41) is 0.904. The van der Waals surface area contributed by atoms with Crippen LogP contribution in [0.25, 0.3) is 10.9 Å². The van der Waals surface area contributed by atoms with Crippen molar-refractivity contribution in [2.45, 2.75) is 18.7 Å². The maximum atomic E-state index is 12.4. The molecular weight excluding hydrogens is 286 g/mol. The van der Waals surface area contributed by atoms with E-state index in [4.69, 9.17) is 0 Å². The predicted octanol–water partition coefficient (Wildman–Crippen LogP) is 2.26. The number of aromatic nitrogens is 1. The molecule has 0 bridgehead atoms. The number of hydrogen-bond donors (Lipinski definition) is 1. The largest absolute Gasteiger partial charge is 0.263 e. The highest BCUT2D eigenvalue weighted by molar-refractivity contribution is 7.90. The fraction of sp³-hybridized carbons (Fsp3) is 0.200. The Bertz CT molecular complexity index is 883. The molecule has 0 saturated carbocycles. The zero-order valence-electron chi connectivity index (χ0n) is 11.8. The first kappa shape index (κ1) is 13.8. The maximum Gasteiger partial charge on any atom is 0.263 e. The summed E-state index contributed by atoms with van der Waals surface area (Å²) in [5.41, 5.74) is 2.61. The van der Waals surface area contributed by atoms with E-state index in [1.165, 1.54) is 0 Å². The number of nitrogens with one attached hydrogen (secondary N) is 1. The van der Waals surface area contributed by atoms with E-state index in [2.05, 4.69) is 14.7 Å². The van der Waals surface area contributed by atoms with Crippen molar-refractivity contribution in [3.05, 3.63) is 47.7 Å². The molecule has 1 aliphatic rings. The molecule has 0 aliphatic carbocycles. The van der Waals surface area contributed by atoms with Gasteiger partial charge in [0.15, 0.2) is 0 Å². The molecule has 2 aromatic rings. The molecule has 1 N–H and O–H groups in total. The lowest BCUT2D eigenvalue weighted by Gasteiger charge is -2.09. The Labute approximate surface area is 123 Å². The maximum absolute atomic E-state index is 12.4. The van der Waals surface area contributed by atoms with E-state index in [0.717, 1.165) is 16.5 Å². The summed E-state index contributed by atoms with van der Waals surface area (Å²) in [5.74, 6) is 0.425. The van der Waals surface area contributed by atoms with E-state index < -0.39 is 10.0 Å². The Morgan fingerprint density at radius 1 is 1.19 bits per heavy atom. The third-order valence-electron chi connectivity index (χ3n) is 3.59. The smallest absolute Gasteiger partial charge is 0.263 e. The van der Waals surface area contributed by atoms with Crippen molar-refractivity contribution in [2.75, 3.05) is 6.54 Å². The number of sulfonamides is 1. The molecule has 0 spiro atoms. The van der Waals surface area contributed by atoms with Crippen LogP contribution in [0.3, 0.4) is 0 Å². The number of amidine groups is 1. The number of nitrogens with zero attached hydrogens (tertiary/aromatic N) is 2. The van der Waals surface area contributed by atoms with E-state index in [1.807, 2.05) is 26.0 Å². The lowest BCUT2D eigenvalue weighted by Crippen LogP contribution is -2.30. The number of pyridine rings is 1. The van der Waals surface area contributed by atoms with Gasteiger partial charge in [-0.1, -0.05) is 12.1 Å². The van der Waals surface area contributed by atoms with Crippen LogP contribution in [0.15, 0.2) is 57.6 Å². The third kappa shape index (κ3) is 2.54. The quantitative estimate of drug-likeness (QED) is 0.925. The Morgan fingerprint density at radius 2 is 2.00 bits per heavy atom. The number of rotatable bonds is 2. The van der Waals surface area contributed by atoms with Crippen molar-refractivity contribution in [1.29, 1.82) is 0 Å². The SMILES string of the molecule is CC1=C(C)C(NS(=O)(=O)c2ccc3cccnc3c2)=NC1. The number of fused-ring (bicyclic) bond motifs is 1. The highest BCUT2D eigenvalue weighted by Crippen LogP contribution is 2.19. The number of benzene rings is 1. The fourth-order valence-electron chi connectivity index (χ4n) is 2.15. The minimum atomic E-state index is -3.65. The minimum Gasteiger partial charge on any atom is -0.263 e. The number of aliphatic imine (C=N–C) groups is 1. The summed E-state index contributed by atoms with van der Waals surface area (Å²) >= 11 is 0. The molecule has 0 atom stereocenters. The van der Waals surface area contributed by atoms with Crippen LogP contribution in [-0.4, -0.2) is 25.8 Å². The molecule has 5 nitrogen and oxygen atoms in total. The van der Waals surface area contributed by atoms with Gasteiger partial charge in [-0.05, 0) is 43.2 Å². The van der Waals surface area contributed by atoms with Gasteiger partial charge in [0.2, 0.25) is 0 Å². The van der Waals surface area contributed by atoms with Crippen molar-refractivity contribution in [1.82, 2.24) is 9.71 Å². The summed E-state index contributed by atoms with van der Waals surface area (Å²) in [7, 11) is -3.65. The molecule has 1 aliphatic heterocycles. The molecule has 0 unspecified atom stereocenters. The van der Waals surface area contributed by atoms with E-state index >= 15 is 0 Å². The second-order valence-corrected chi connectivity index (χ2v) is 6.72. The Kier molecular flexibility index (Phi) is 3.25. The van der Waals surface area contributed by atoms with E-state index in [-0.39, 0.29) is 4.90 Å². The molecule has 1 aromatic carbocycles. The molecule has 1 aromatic heterocycles. The highest BCUT2D eigenvalue weighted by Gasteiger charge is 2.21. The van der Waals surface area contributed by atoms with Crippen LogP contribution in [0.5, 0.6) is 0 Å². The van der Waals surface area contributed by atoms with Gasteiger partial charge in [-0.3, -0.25) is 14.7 Å². The van der Waals surface area contributed by atoms with E-state index in [0.29, 0.717) is 17.9 Å². The van der Waals surface area contributed by atoms with Gasteiger partial charge in [0.05, 0.1) is 17.0 Å². The molecule has 108 valence electrons. The van der Waals surface area contributed by atoms with Crippen LogP contribution in [0, 0.1) is 0 Å². The summed E-state index contributed by atoms with van der Waals surface area (Å²) < 4.78 is 27.4. The van der Waals surface area contributed by atoms with Crippen LogP contribution < -0.4 is 4.72 Å². The number of hydrogen-bond acceptors (Lipinski definition) is 4. The average Bonchev–Trinajstić information content (AvgIpc) is 2.78. The van der Waals surface area contributed by atoms with Gasteiger partial charge < -0.3 is 0 Å². The van der Waals surface area contributed by atoms with Gasteiger partial charge in [0.1, 0.15) is 5.84 Å². The van der Waals surface area contributed by atoms with Gasteiger partial charge >= 0.3 is 0 Å². The van der Waals surface area contributed by atoms with E-state index in [9.17, 15) is 8.42 Å². The van der Waals surface area contributed by atoms with Crippen molar-refractivity contribution >= 4 is 26.8 Å². The molecule has 0 fully saturated rings. The molecule has 6 heteroatoms. The molecule has 0 saturated heterocycles. The van der Waals surface area contributed by atoms with Crippen LogP contribution >= 0.6 is 0 Å². The molecular formula is C15H15N3O2S. The fourth-order valence-corrected chi connectivity index (χ4v) is 3.25. The van der Waals surface area contributed by atoms with Crippen LogP contribution in [-0.2, 0) is 10.0 Å². The monoisotopic (exact) mass is 301 g/mol. The van der Waals surface area contributed by atoms with Crippen LogP contribution in [0.2, 0.25) is 0 Å². The van der Waals surface area contributed by atoms with Gasteiger partial charge in [-0.2, -0.15) is 0 Å². The first-order valence-corrected chi connectivity index (χ1v) is 8.04. The first-order valence-electron chi connectivity index (χ1n) is 6.56. The van der Waals surface area contributed by atoms with Crippen molar-refractivity contribution in [3.63, 3.8) is 0 Å². The third-order valence-corrected chi connectivity index (χ3v) is 4.93. The topological polar surface area (TPSA) is 71.4 Å². The lowest BCUT2D eigenvalue weighted by atomic mass is 10.2. The normalized spacial score (nSPS) is 15.4. The molecule has 3 rings (SSSR count). The molecule has 21 heavy (non-hydrogen) atoms. The second-order valence-electron chi connectivity index (χ2n) is 5.03. The van der Waals surface area contributed by atoms with Crippen molar-refractivity contribution in [3.8, 4) is 0 Å². The zero-order chi connectivity index (χ0) is 15.0. The highest BCUT2D eigenvalue weighted by atomic mass is 32.2. The van der Waals surface area contributed by atoms with E-state index in [1.54, 1.807) is 24.4 Å². The Morgan fingerprint density at radius 3 is 2.71 bits per heavy atom. The van der Waals surface area contributed by atoms with Gasteiger partial charge in [-0.15, -0.1) is 0 Å². The molecule has 2 heterocycles. The van der Waals surface area contributed by atoms with Gasteiger partial charge in [0, 0.05) is 11.6 Å². The van der Waals surface area contributed by atoms with Gasteiger partial charge in [-0.25, -0.2) is 8.42 Å². The van der Waals surface area contributed by atoms with Crippen LogP contribution in [0.4, 0.5) is 0 Å². The van der Waals surface area contributed by atoms with Crippen molar-refractivity contribution in [2.24, 2.45) is 4.99 Å². The summed E-state index contributed by atoms with van der Waals surface area (Å²) in [6, 6.07) is 8.61. The second kappa shape index (κ2) is 4.96. The standard InChI is InChI=1S/C15H15N3O2S/c1-10-9-17-15(11(10)2)18-21(19,20)13-6-5-12-4-3-7-16-14(12)8-13/h3-8H,9H2,1-2H3,(H,17,18). The lowest BCUT2D eigenvalue weighted by molar-refractivity contribution is 0.592. The zero-order valence-corrected chi connectivity index (χ0v) is 12.6.